The molecule has 1 amide bonds. The summed E-state index contributed by atoms with van der Waals surface area (Å²) in [6.07, 6.45) is 6.92. The van der Waals surface area contributed by atoms with Crippen molar-refractivity contribution < 1.29 is 18.7 Å². The lowest BCUT2D eigenvalue weighted by atomic mass is 10.0. The van der Waals surface area contributed by atoms with E-state index in [1.807, 2.05) is 18.2 Å². The Hall–Kier alpha value is -3.38. The lowest BCUT2D eigenvalue weighted by molar-refractivity contribution is -0.116. The molecule has 1 N–H and O–H groups in total. The van der Waals surface area contributed by atoms with Crippen LogP contribution in [0.3, 0.4) is 0 Å². The van der Waals surface area contributed by atoms with E-state index in [4.69, 9.17) is 20.8 Å². The van der Waals surface area contributed by atoms with Gasteiger partial charge in [-0.1, -0.05) is 17.7 Å². The molecule has 0 spiro atoms. The van der Waals surface area contributed by atoms with Gasteiger partial charge in [-0.15, -0.1) is 0 Å². The molecule has 0 saturated heterocycles. The van der Waals surface area contributed by atoms with E-state index >= 15 is 0 Å². The second kappa shape index (κ2) is 8.55. The Morgan fingerprint density at radius 3 is 2.90 bits per heavy atom. The van der Waals surface area contributed by atoms with E-state index < -0.39 is 0 Å². The number of benzene rings is 1. The van der Waals surface area contributed by atoms with Crippen LogP contribution in [-0.2, 0) is 11.2 Å². The van der Waals surface area contributed by atoms with Crippen molar-refractivity contribution in [1.29, 1.82) is 0 Å². The molecular formula is C23H19ClN2O4. The minimum absolute atomic E-state index is 0.134. The number of amides is 1. The Balaban J connectivity index is 1.39. The molecule has 0 radical (unpaired) electrons. The average Bonchev–Trinajstić information content (AvgIpc) is 3.39. The number of furan rings is 1. The summed E-state index contributed by atoms with van der Waals surface area (Å²) in [5.74, 6) is 1.15. The van der Waals surface area contributed by atoms with Crippen LogP contribution in [0.1, 0.15) is 28.6 Å². The summed E-state index contributed by atoms with van der Waals surface area (Å²) < 4.78 is 11.5. The number of hydrogen-bond donors (Lipinski definition) is 1. The topological polar surface area (TPSA) is 81.4 Å². The van der Waals surface area contributed by atoms with Gasteiger partial charge in [0.25, 0.3) is 0 Å². The highest BCUT2D eigenvalue weighted by Crippen LogP contribution is 2.39. The largest absolute Gasteiger partial charge is 0.486 e. The summed E-state index contributed by atoms with van der Waals surface area (Å²) in [6, 6.07) is 10.8. The average molecular weight is 423 g/mol. The van der Waals surface area contributed by atoms with Crippen molar-refractivity contribution in [2.24, 2.45) is 0 Å². The first-order valence-electron chi connectivity index (χ1n) is 9.46. The first-order chi connectivity index (χ1) is 14.5. The van der Waals surface area contributed by atoms with E-state index in [-0.39, 0.29) is 17.8 Å². The van der Waals surface area contributed by atoms with Gasteiger partial charge >= 0.3 is 0 Å². The van der Waals surface area contributed by atoms with Crippen molar-refractivity contribution >= 4 is 29.4 Å². The molecule has 3 aromatic rings. The first-order valence-corrected chi connectivity index (χ1v) is 9.83. The van der Waals surface area contributed by atoms with E-state index in [2.05, 4.69) is 10.3 Å². The highest BCUT2D eigenvalue weighted by Gasteiger charge is 2.26. The van der Waals surface area contributed by atoms with Crippen LogP contribution in [0, 0.1) is 0 Å². The molecular weight excluding hydrogens is 404 g/mol. The monoisotopic (exact) mass is 422 g/mol. The Labute approximate surface area is 178 Å². The molecule has 1 aromatic carbocycles. The van der Waals surface area contributed by atoms with Gasteiger partial charge in [-0.05, 0) is 42.0 Å². The van der Waals surface area contributed by atoms with Crippen LogP contribution < -0.4 is 10.1 Å². The van der Waals surface area contributed by atoms with Crippen LogP contribution in [0.4, 0.5) is 0 Å². The molecule has 4 rings (SSSR count). The third-order valence-corrected chi connectivity index (χ3v) is 4.99. The van der Waals surface area contributed by atoms with Crippen molar-refractivity contribution in [2.75, 3.05) is 6.54 Å². The van der Waals surface area contributed by atoms with Gasteiger partial charge in [0.1, 0.15) is 17.6 Å². The highest BCUT2D eigenvalue weighted by atomic mass is 35.5. The summed E-state index contributed by atoms with van der Waals surface area (Å²) in [6.45, 7) is 1.81. The van der Waals surface area contributed by atoms with Gasteiger partial charge in [-0.2, -0.15) is 0 Å². The molecule has 0 saturated carbocycles. The smallest absolute Gasteiger partial charge is 0.244 e. The third-order valence-electron chi connectivity index (χ3n) is 4.71. The molecule has 7 heteroatoms. The Kier molecular flexibility index (Phi) is 5.68. The van der Waals surface area contributed by atoms with Crippen LogP contribution in [0.2, 0.25) is 5.02 Å². The molecule has 0 bridgehead atoms. The number of carbonyl (C=O) groups is 2. The number of nitrogens with one attached hydrogen (secondary N) is 1. The number of halogens is 1. The molecule has 1 atom stereocenters. The molecule has 1 aliphatic heterocycles. The first kappa shape index (κ1) is 19.9. The number of ether oxygens (including phenoxy) is 1. The fraction of sp³-hybridized carbons (Fsp3) is 0.174. The number of fused-ring (bicyclic) bond motifs is 1. The van der Waals surface area contributed by atoms with Gasteiger partial charge in [0.2, 0.25) is 5.91 Å². The fourth-order valence-corrected chi connectivity index (χ4v) is 3.53. The SMILES string of the molecule is CC(=O)c1ccc(-c2cc(Cl)c3c(c2)CC(CNC(=O)C=Cc2cccnc2)O3)o1. The standard InChI is InChI=1S/C23H19ClN2O4/c1-14(27)20-5-6-21(30-20)16-9-17-10-18(29-23(17)19(24)11-16)13-26-22(28)7-4-15-3-2-8-25-12-15/h2-9,11-12,18H,10,13H2,1H3,(H,26,28). The van der Waals surface area contributed by atoms with Crippen molar-refractivity contribution in [3.63, 3.8) is 0 Å². The van der Waals surface area contributed by atoms with E-state index in [0.717, 1.165) is 16.7 Å². The van der Waals surface area contributed by atoms with Gasteiger partial charge in [-0.3, -0.25) is 14.6 Å². The Morgan fingerprint density at radius 1 is 1.30 bits per heavy atom. The zero-order chi connectivity index (χ0) is 21.1. The molecule has 0 fully saturated rings. The fourth-order valence-electron chi connectivity index (χ4n) is 3.25. The van der Waals surface area contributed by atoms with Crippen molar-refractivity contribution in [1.82, 2.24) is 10.3 Å². The summed E-state index contributed by atoms with van der Waals surface area (Å²) in [5, 5.41) is 3.31. The minimum atomic E-state index is -0.215. The summed E-state index contributed by atoms with van der Waals surface area (Å²) in [5.41, 5.74) is 2.56. The van der Waals surface area contributed by atoms with E-state index in [9.17, 15) is 9.59 Å². The molecule has 0 aliphatic carbocycles. The molecule has 3 heterocycles. The summed E-state index contributed by atoms with van der Waals surface area (Å²) in [7, 11) is 0. The van der Waals surface area contributed by atoms with Crippen LogP contribution >= 0.6 is 11.6 Å². The number of pyridine rings is 1. The molecule has 1 unspecified atom stereocenters. The Morgan fingerprint density at radius 2 is 2.17 bits per heavy atom. The van der Waals surface area contributed by atoms with Crippen molar-refractivity contribution in [2.45, 2.75) is 19.4 Å². The Bertz CT molecular complexity index is 1120. The van der Waals surface area contributed by atoms with E-state index in [0.29, 0.717) is 35.3 Å². The van der Waals surface area contributed by atoms with Crippen molar-refractivity contribution in [3.8, 4) is 17.1 Å². The van der Waals surface area contributed by atoms with Crippen LogP contribution in [-0.4, -0.2) is 29.3 Å². The number of Topliss-reactive ketones (excluding diaryl/α,β-unsaturated/α-hetero) is 1. The number of hydrogen-bond acceptors (Lipinski definition) is 5. The van der Waals surface area contributed by atoms with Gasteiger partial charge < -0.3 is 14.5 Å². The van der Waals surface area contributed by atoms with Crippen LogP contribution in [0.15, 0.2) is 59.3 Å². The third kappa shape index (κ3) is 4.44. The number of aromatic nitrogens is 1. The summed E-state index contributed by atoms with van der Waals surface area (Å²) >= 11 is 6.40. The maximum absolute atomic E-state index is 12.1. The molecule has 152 valence electrons. The molecule has 2 aromatic heterocycles. The maximum atomic E-state index is 12.1. The van der Waals surface area contributed by atoms with Crippen molar-refractivity contribution in [3.05, 3.63) is 76.8 Å². The quantitative estimate of drug-likeness (QED) is 0.472. The van der Waals surface area contributed by atoms with Gasteiger partial charge in [0.15, 0.2) is 11.5 Å². The predicted octanol–water partition coefficient (Wildman–Crippen LogP) is 4.33. The summed E-state index contributed by atoms with van der Waals surface area (Å²) in [4.78, 5) is 27.5. The predicted molar refractivity (Wildman–Crippen MR) is 114 cm³/mol. The molecule has 1 aliphatic rings. The second-order valence-electron chi connectivity index (χ2n) is 6.98. The maximum Gasteiger partial charge on any atom is 0.244 e. The lowest BCUT2D eigenvalue weighted by Crippen LogP contribution is -2.33. The molecule has 6 nitrogen and oxygen atoms in total. The number of ketones is 1. The minimum Gasteiger partial charge on any atom is -0.486 e. The van der Waals surface area contributed by atoms with E-state index in [1.54, 1.807) is 36.7 Å². The van der Waals surface area contributed by atoms with Crippen LogP contribution in [0.25, 0.3) is 17.4 Å². The zero-order valence-corrected chi connectivity index (χ0v) is 17.0. The highest BCUT2D eigenvalue weighted by molar-refractivity contribution is 6.32. The van der Waals surface area contributed by atoms with Gasteiger partial charge in [0, 0.05) is 42.9 Å². The molecule has 30 heavy (non-hydrogen) atoms. The number of carbonyl (C=O) groups excluding carboxylic acids is 2. The van der Waals surface area contributed by atoms with Gasteiger partial charge in [-0.25, -0.2) is 0 Å². The van der Waals surface area contributed by atoms with Crippen LogP contribution in [0.5, 0.6) is 5.75 Å². The lowest BCUT2D eigenvalue weighted by Gasteiger charge is -2.11. The zero-order valence-electron chi connectivity index (χ0n) is 16.2. The van der Waals surface area contributed by atoms with Gasteiger partial charge in [0.05, 0.1) is 11.6 Å². The number of nitrogens with zero attached hydrogens (tertiary/aromatic N) is 1. The van der Waals surface area contributed by atoms with E-state index in [1.165, 1.54) is 13.0 Å². The normalized spacial score (nSPS) is 15.1. The second-order valence-corrected chi connectivity index (χ2v) is 7.38. The number of rotatable bonds is 6.